The zero-order valence-corrected chi connectivity index (χ0v) is 16.9. The molecule has 0 spiro atoms. The van der Waals surface area contributed by atoms with E-state index in [1.54, 1.807) is 0 Å². The minimum atomic E-state index is -0.812. The van der Waals surface area contributed by atoms with Gasteiger partial charge in [-0.1, -0.05) is 6.07 Å². The maximum Gasteiger partial charge on any atom is 0.329 e. The number of amides is 4. The van der Waals surface area contributed by atoms with Crippen molar-refractivity contribution in [3.8, 4) is 11.5 Å². The molecule has 2 heterocycles. The monoisotopic (exact) mass is 427 g/mol. The Labute approximate surface area is 178 Å². The van der Waals surface area contributed by atoms with Crippen molar-refractivity contribution in [3.05, 3.63) is 53.8 Å². The highest BCUT2D eigenvalue weighted by molar-refractivity contribution is 6.21. The van der Waals surface area contributed by atoms with Crippen LogP contribution in [0.3, 0.4) is 0 Å². The second-order valence-corrected chi connectivity index (χ2v) is 7.38. The van der Waals surface area contributed by atoms with E-state index in [2.05, 4.69) is 10.6 Å². The highest BCUT2D eigenvalue weighted by atomic mass is 19.1. The minimum Gasteiger partial charge on any atom is -0.486 e. The fourth-order valence-electron chi connectivity index (χ4n) is 3.56. The number of urea groups is 1. The first kappa shape index (κ1) is 20.6. The summed E-state index contributed by atoms with van der Waals surface area (Å²) in [5.74, 6) is 0.143. The normalized spacial score (nSPS) is 18.5. The van der Waals surface area contributed by atoms with Gasteiger partial charge in [0, 0.05) is 6.42 Å². The van der Waals surface area contributed by atoms with Gasteiger partial charge in [0.1, 0.15) is 25.1 Å². The number of fused-ring (bicyclic) bond motifs is 1. The maximum atomic E-state index is 13.1. The Morgan fingerprint density at radius 2 is 1.87 bits per heavy atom. The van der Waals surface area contributed by atoms with E-state index in [1.165, 1.54) is 24.3 Å². The lowest BCUT2D eigenvalue weighted by Gasteiger charge is -2.21. The summed E-state index contributed by atoms with van der Waals surface area (Å²) < 4.78 is 24.2. The number of nitrogens with zero attached hydrogens (tertiary/aromatic N) is 1. The number of imide groups is 1. The van der Waals surface area contributed by atoms with Crippen LogP contribution in [0, 0.1) is 5.82 Å². The summed E-state index contributed by atoms with van der Waals surface area (Å²) in [6.07, 6.45) is 0.213. The first-order valence-corrected chi connectivity index (χ1v) is 10.0. The molecular weight excluding hydrogens is 405 g/mol. The molecule has 0 radical (unpaired) electrons. The number of hydrogen-bond acceptors (Lipinski definition) is 5. The molecule has 0 unspecified atom stereocenters. The van der Waals surface area contributed by atoms with Gasteiger partial charge in [-0.2, -0.15) is 0 Å². The van der Waals surface area contributed by atoms with Gasteiger partial charge in [0.25, 0.3) is 5.91 Å². The minimum absolute atomic E-state index is 0.0584. The SMILES string of the molecule is C[C@H](NC(=O)CC[C@H]1NC(=O)N(c2ccc(F)cc2)C1=O)c1ccc2c(c1)OCCO2. The Balaban J connectivity index is 1.32. The number of carbonyl (C=O) groups excluding carboxylic acids is 3. The van der Waals surface area contributed by atoms with Crippen LogP contribution < -0.4 is 25.0 Å². The molecule has 162 valence electrons. The third-order valence-electron chi connectivity index (χ3n) is 5.21. The molecule has 8 nitrogen and oxygen atoms in total. The fraction of sp³-hybridized carbons (Fsp3) is 0.318. The van der Waals surface area contributed by atoms with Crippen LogP contribution in [-0.4, -0.2) is 37.1 Å². The largest absolute Gasteiger partial charge is 0.486 e. The van der Waals surface area contributed by atoms with Gasteiger partial charge in [-0.05, 0) is 55.3 Å². The van der Waals surface area contributed by atoms with Crippen LogP contribution in [0.5, 0.6) is 11.5 Å². The van der Waals surface area contributed by atoms with E-state index in [9.17, 15) is 18.8 Å². The lowest BCUT2D eigenvalue weighted by molar-refractivity contribution is -0.122. The van der Waals surface area contributed by atoms with Crippen molar-refractivity contribution in [2.75, 3.05) is 18.1 Å². The van der Waals surface area contributed by atoms with Crippen molar-refractivity contribution in [2.24, 2.45) is 0 Å². The molecule has 31 heavy (non-hydrogen) atoms. The van der Waals surface area contributed by atoms with Gasteiger partial charge in [0.2, 0.25) is 5.91 Å². The number of anilines is 1. The van der Waals surface area contributed by atoms with Gasteiger partial charge in [0.15, 0.2) is 11.5 Å². The lowest BCUT2D eigenvalue weighted by Crippen LogP contribution is -2.33. The zero-order valence-electron chi connectivity index (χ0n) is 16.9. The number of rotatable bonds is 6. The predicted molar refractivity (Wildman–Crippen MR) is 109 cm³/mol. The molecule has 2 aliphatic rings. The summed E-state index contributed by atoms with van der Waals surface area (Å²) in [5, 5.41) is 5.46. The molecule has 2 aliphatic heterocycles. The highest BCUT2D eigenvalue weighted by Gasteiger charge is 2.39. The fourth-order valence-corrected chi connectivity index (χ4v) is 3.56. The molecule has 0 aliphatic carbocycles. The summed E-state index contributed by atoms with van der Waals surface area (Å²) in [4.78, 5) is 38.1. The van der Waals surface area contributed by atoms with Crippen molar-refractivity contribution in [3.63, 3.8) is 0 Å². The molecule has 1 fully saturated rings. The molecule has 4 amide bonds. The molecule has 4 rings (SSSR count). The third kappa shape index (κ3) is 4.45. The van der Waals surface area contributed by atoms with Gasteiger partial charge < -0.3 is 20.1 Å². The number of ether oxygens (including phenoxy) is 2. The first-order chi connectivity index (χ1) is 14.9. The molecule has 2 aromatic rings. The van der Waals surface area contributed by atoms with Crippen molar-refractivity contribution < 1.29 is 28.2 Å². The van der Waals surface area contributed by atoms with Crippen LogP contribution >= 0.6 is 0 Å². The van der Waals surface area contributed by atoms with Crippen molar-refractivity contribution >= 4 is 23.5 Å². The van der Waals surface area contributed by atoms with E-state index in [0.717, 1.165) is 10.5 Å². The van der Waals surface area contributed by atoms with Gasteiger partial charge in [-0.3, -0.25) is 9.59 Å². The van der Waals surface area contributed by atoms with Crippen molar-refractivity contribution in [2.45, 2.75) is 31.8 Å². The van der Waals surface area contributed by atoms with Crippen LogP contribution in [0.1, 0.15) is 31.4 Å². The van der Waals surface area contributed by atoms with Crippen LogP contribution in [0.15, 0.2) is 42.5 Å². The van der Waals surface area contributed by atoms with Crippen molar-refractivity contribution in [1.29, 1.82) is 0 Å². The summed E-state index contributed by atoms with van der Waals surface area (Å²) in [7, 11) is 0. The highest BCUT2D eigenvalue weighted by Crippen LogP contribution is 2.32. The topological polar surface area (TPSA) is 97.0 Å². The van der Waals surface area contributed by atoms with E-state index in [4.69, 9.17) is 9.47 Å². The van der Waals surface area contributed by atoms with E-state index < -0.39 is 23.8 Å². The number of halogens is 1. The smallest absolute Gasteiger partial charge is 0.329 e. The van der Waals surface area contributed by atoms with Crippen LogP contribution in [-0.2, 0) is 9.59 Å². The second kappa shape index (κ2) is 8.63. The van der Waals surface area contributed by atoms with Crippen LogP contribution in [0.25, 0.3) is 0 Å². The third-order valence-corrected chi connectivity index (χ3v) is 5.21. The second-order valence-electron chi connectivity index (χ2n) is 7.38. The van der Waals surface area contributed by atoms with E-state index in [-0.39, 0.29) is 30.5 Å². The Hall–Kier alpha value is -3.62. The Morgan fingerprint density at radius 1 is 1.16 bits per heavy atom. The maximum absolute atomic E-state index is 13.1. The summed E-state index contributed by atoms with van der Waals surface area (Å²) in [5.41, 5.74) is 1.15. The molecule has 0 bridgehead atoms. The number of nitrogens with one attached hydrogen (secondary N) is 2. The first-order valence-electron chi connectivity index (χ1n) is 10.0. The van der Waals surface area contributed by atoms with E-state index in [0.29, 0.717) is 24.7 Å². The molecule has 0 aromatic heterocycles. The number of carbonyl (C=O) groups is 3. The Bertz CT molecular complexity index is 1010. The van der Waals surface area contributed by atoms with Gasteiger partial charge in [-0.15, -0.1) is 0 Å². The standard InChI is InChI=1S/C22H22FN3O5/c1-13(14-2-8-18-19(12-14)31-11-10-30-18)24-20(27)9-7-17-21(28)26(22(29)25-17)16-5-3-15(23)4-6-16/h2-6,8,12-13,17H,7,9-11H2,1H3,(H,24,27)(H,25,29)/t13-,17+/m0/s1. The zero-order chi connectivity index (χ0) is 22.0. The average molecular weight is 427 g/mol. The lowest BCUT2D eigenvalue weighted by atomic mass is 10.1. The summed E-state index contributed by atoms with van der Waals surface area (Å²) in [6, 6.07) is 8.90. The molecule has 2 aromatic carbocycles. The van der Waals surface area contributed by atoms with E-state index >= 15 is 0 Å². The molecular formula is C22H22FN3O5. The quantitative estimate of drug-likeness (QED) is 0.691. The molecule has 1 saturated heterocycles. The average Bonchev–Trinajstić information content (AvgIpc) is 3.05. The van der Waals surface area contributed by atoms with Gasteiger partial charge in [0.05, 0.1) is 11.7 Å². The summed E-state index contributed by atoms with van der Waals surface area (Å²) >= 11 is 0. The molecule has 2 atom stereocenters. The molecule has 9 heteroatoms. The Kier molecular flexibility index (Phi) is 5.75. The van der Waals surface area contributed by atoms with Gasteiger partial charge in [-0.25, -0.2) is 14.1 Å². The Morgan fingerprint density at radius 3 is 2.61 bits per heavy atom. The van der Waals surface area contributed by atoms with Gasteiger partial charge >= 0.3 is 6.03 Å². The molecule has 0 saturated carbocycles. The van der Waals surface area contributed by atoms with Crippen molar-refractivity contribution in [1.82, 2.24) is 10.6 Å². The van der Waals surface area contributed by atoms with Crippen LogP contribution in [0.2, 0.25) is 0 Å². The molecule has 2 N–H and O–H groups in total. The number of hydrogen-bond donors (Lipinski definition) is 2. The predicted octanol–water partition coefficient (Wildman–Crippen LogP) is 2.68. The summed E-state index contributed by atoms with van der Waals surface area (Å²) in [6.45, 7) is 2.84. The van der Waals surface area contributed by atoms with E-state index in [1.807, 2.05) is 25.1 Å². The van der Waals surface area contributed by atoms with Crippen LogP contribution in [0.4, 0.5) is 14.9 Å². The number of benzene rings is 2.